The van der Waals surface area contributed by atoms with Crippen molar-refractivity contribution in [1.82, 2.24) is 0 Å². The van der Waals surface area contributed by atoms with Crippen molar-refractivity contribution in [1.29, 1.82) is 0 Å². The first-order valence-electron chi connectivity index (χ1n) is 9.74. The van der Waals surface area contributed by atoms with Gasteiger partial charge in [0.25, 0.3) is 5.91 Å². The molecule has 2 N–H and O–H groups in total. The maximum atomic E-state index is 12.9. The van der Waals surface area contributed by atoms with Gasteiger partial charge in [-0.25, -0.2) is 4.79 Å². The number of imide groups is 1. The molecule has 0 aromatic heterocycles. The van der Waals surface area contributed by atoms with E-state index in [4.69, 9.17) is 5.11 Å². The van der Waals surface area contributed by atoms with E-state index in [9.17, 15) is 19.2 Å². The summed E-state index contributed by atoms with van der Waals surface area (Å²) < 4.78 is 0.527. The smallest absolute Gasteiger partial charge is 0.335 e. The van der Waals surface area contributed by atoms with Crippen molar-refractivity contribution in [3.8, 4) is 0 Å². The van der Waals surface area contributed by atoms with Gasteiger partial charge in [-0.05, 0) is 72.1 Å². The lowest BCUT2D eigenvalue weighted by Gasteiger charge is -2.18. The maximum absolute atomic E-state index is 12.9. The third-order valence-electron chi connectivity index (χ3n) is 5.65. The van der Waals surface area contributed by atoms with E-state index < -0.39 is 11.9 Å². The van der Waals surface area contributed by atoms with E-state index >= 15 is 0 Å². The highest BCUT2D eigenvalue weighted by Crippen LogP contribution is 2.39. The Balaban J connectivity index is 1.59. The molecule has 0 bridgehead atoms. The average molecular weight is 483 g/mol. The summed E-state index contributed by atoms with van der Waals surface area (Å²) in [5.41, 5.74) is 2.04. The van der Waals surface area contributed by atoms with Gasteiger partial charge >= 0.3 is 5.97 Å². The van der Waals surface area contributed by atoms with Crippen LogP contribution in [0.5, 0.6) is 0 Å². The van der Waals surface area contributed by atoms with Gasteiger partial charge in [0.1, 0.15) is 0 Å². The monoisotopic (exact) mass is 482 g/mol. The summed E-state index contributed by atoms with van der Waals surface area (Å²) in [6.45, 7) is 1.96. The normalized spacial score (nSPS) is 20.3. The molecule has 1 heterocycles. The standard InChI is InChI=1S/C23H19BrN2O5/c1-12-5-7-16-17(9-12)22(29)26(21(16)28)15-4-2-3-13(10-15)20(27)25-19-11-14(23(30)31)6-8-18(19)24/h2-6,8,10-11,16-17H,7,9H2,1H3,(H,25,27)(H,30,31)/t16-,17-/m1/s1. The van der Waals surface area contributed by atoms with Crippen LogP contribution in [0.4, 0.5) is 11.4 Å². The molecule has 3 amide bonds. The Labute approximate surface area is 186 Å². The molecule has 158 valence electrons. The molecular formula is C23H19BrN2O5. The van der Waals surface area contributed by atoms with Crippen LogP contribution in [0.1, 0.15) is 40.5 Å². The molecule has 1 fully saturated rings. The second kappa shape index (κ2) is 8.11. The zero-order chi connectivity index (χ0) is 22.3. The topological polar surface area (TPSA) is 104 Å². The number of carboxylic acids is 1. The number of nitrogens with one attached hydrogen (secondary N) is 1. The summed E-state index contributed by atoms with van der Waals surface area (Å²) in [6, 6.07) is 10.6. The molecule has 4 rings (SSSR count). The van der Waals surface area contributed by atoms with Gasteiger partial charge in [0, 0.05) is 10.0 Å². The van der Waals surface area contributed by atoms with E-state index in [-0.39, 0.29) is 34.8 Å². The summed E-state index contributed by atoms with van der Waals surface area (Å²) in [6.07, 6.45) is 3.12. The van der Waals surface area contributed by atoms with E-state index in [1.165, 1.54) is 29.2 Å². The maximum Gasteiger partial charge on any atom is 0.335 e. The Hall–Kier alpha value is -3.26. The molecule has 8 heteroatoms. The first-order valence-corrected chi connectivity index (χ1v) is 10.5. The molecule has 2 aromatic carbocycles. The molecule has 0 saturated carbocycles. The minimum absolute atomic E-state index is 0.0343. The van der Waals surface area contributed by atoms with E-state index in [2.05, 4.69) is 21.2 Å². The fourth-order valence-corrected chi connectivity index (χ4v) is 4.37. The Bertz CT molecular complexity index is 1160. The molecular weight excluding hydrogens is 464 g/mol. The molecule has 7 nitrogen and oxygen atoms in total. The number of anilines is 2. The van der Waals surface area contributed by atoms with Crippen LogP contribution in [0.15, 0.2) is 58.6 Å². The van der Waals surface area contributed by atoms with Gasteiger partial charge in [-0.2, -0.15) is 0 Å². The zero-order valence-electron chi connectivity index (χ0n) is 16.6. The summed E-state index contributed by atoms with van der Waals surface area (Å²) in [5, 5.41) is 11.8. The van der Waals surface area contributed by atoms with Crippen LogP contribution in [0, 0.1) is 11.8 Å². The van der Waals surface area contributed by atoms with Crippen molar-refractivity contribution < 1.29 is 24.3 Å². The van der Waals surface area contributed by atoms with E-state index in [1.807, 2.05) is 13.0 Å². The van der Waals surface area contributed by atoms with Crippen molar-refractivity contribution in [2.45, 2.75) is 19.8 Å². The summed E-state index contributed by atoms with van der Waals surface area (Å²) >= 11 is 3.29. The molecule has 1 aliphatic heterocycles. The summed E-state index contributed by atoms with van der Waals surface area (Å²) in [4.78, 5) is 51.0. The third-order valence-corrected chi connectivity index (χ3v) is 6.34. The van der Waals surface area contributed by atoms with Crippen LogP contribution in [-0.2, 0) is 9.59 Å². The number of carbonyl (C=O) groups excluding carboxylic acids is 3. The molecule has 2 aromatic rings. The highest BCUT2D eigenvalue weighted by molar-refractivity contribution is 9.10. The number of carboxylic acid groups (broad SMARTS) is 1. The number of hydrogen-bond donors (Lipinski definition) is 2. The number of hydrogen-bond acceptors (Lipinski definition) is 4. The largest absolute Gasteiger partial charge is 0.478 e. The molecule has 0 radical (unpaired) electrons. The minimum Gasteiger partial charge on any atom is -0.478 e. The number of carbonyl (C=O) groups is 4. The zero-order valence-corrected chi connectivity index (χ0v) is 18.2. The highest BCUT2D eigenvalue weighted by Gasteiger charge is 2.48. The van der Waals surface area contributed by atoms with E-state index in [1.54, 1.807) is 18.2 Å². The van der Waals surface area contributed by atoms with Crippen LogP contribution in [0.25, 0.3) is 0 Å². The Kier molecular flexibility index (Phi) is 5.49. The van der Waals surface area contributed by atoms with Gasteiger partial charge in [0.2, 0.25) is 11.8 Å². The second-order valence-corrected chi connectivity index (χ2v) is 8.57. The minimum atomic E-state index is -1.11. The first kappa shape index (κ1) is 21.0. The number of halogens is 1. The van der Waals surface area contributed by atoms with Gasteiger partial charge in [0.05, 0.1) is 28.8 Å². The van der Waals surface area contributed by atoms with Crippen molar-refractivity contribution in [3.63, 3.8) is 0 Å². The van der Waals surface area contributed by atoms with Crippen molar-refractivity contribution >= 4 is 51.0 Å². The van der Waals surface area contributed by atoms with E-state index in [0.29, 0.717) is 28.7 Å². The summed E-state index contributed by atoms with van der Waals surface area (Å²) in [7, 11) is 0. The SMILES string of the molecule is CC1=CC[C@H]2C(=O)N(c3cccc(C(=O)Nc4cc(C(=O)O)ccc4Br)c3)C(=O)[C@@H]2C1. The van der Waals surface area contributed by atoms with Gasteiger partial charge in [-0.1, -0.05) is 17.7 Å². The number of allylic oxidation sites excluding steroid dienone is 2. The van der Waals surface area contributed by atoms with Crippen LogP contribution >= 0.6 is 15.9 Å². The van der Waals surface area contributed by atoms with Crippen LogP contribution < -0.4 is 10.2 Å². The van der Waals surface area contributed by atoms with E-state index in [0.717, 1.165) is 5.57 Å². The molecule has 31 heavy (non-hydrogen) atoms. The lowest BCUT2D eigenvalue weighted by Crippen LogP contribution is -2.31. The molecule has 1 aliphatic carbocycles. The third kappa shape index (κ3) is 3.90. The molecule has 0 spiro atoms. The Morgan fingerprint density at radius 3 is 2.55 bits per heavy atom. The molecule has 1 saturated heterocycles. The average Bonchev–Trinajstić information content (AvgIpc) is 2.99. The van der Waals surface area contributed by atoms with Crippen LogP contribution in [0.2, 0.25) is 0 Å². The van der Waals surface area contributed by atoms with Gasteiger partial charge < -0.3 is 10.4 Å². The predicted molar refractivity (Wildman–Crippen MR) is 118 cm³/mol. The number of fused-ring (bicyclic) bond motifs is 1. The fraction of sp³-hybridized carbons (Fsp3) is 0.217. The number of benzene rings is 2. The highest BCUT2D eigenvalue weighted by atomic mass is 79.9. The molecule has 2 aliphatic rings. The number of nitrogens with zero attached hydrogens (tertiary/aromatic N) is 1. The lowest BCUT2D eigenvalue weighted by molar-refractivity contribution is -0.122. The predicted octanol–water partition coefficient (Wildman–Crippen LogP) is 4.25. The number of aromatic carboxylic acids is 1. The first-order chi connectivity index (χ1) is 14.8. The van der Waals surface area contributed by atoms with Crippen LogP contribution in [0.3, 0.4) is 0 Å². The number of rotatable bonds is 4. The Morgan fingerprint density at radius 2 is 1.81 bits per heavy atom. The van der Waals surface area contributed by atoms with Gasteiger partial charge in [-0.15, -0.1) is 0 Å². The van der Waals surface area contributed by atoms with Crippen LogP contribution in [-0.4, -0.2) is 28.8 Å². The quantitative estimate of drug-likeness (QED) is 0.500. The van der Waals surface area contributed by atoms with Gasteiger partial charge in [-0.3, -0.25) is 19.3 Å². The second-order valence-electron chi connectivity index (χ2n) is 7.72. The van der Waals surface area contributed by atoms with Gasteiger partial charge in [0.15, 0.2) is 0 Å². The van der Waals surface area contributed by atoms with Crippen molar-refractivity contribution in [3.05, 3.63) is 69.7 Å². The molecule has 2 atom stereocenters. The molecule has 0 unspecified atom stereocenters. The fourth-order valence-electron chi connectivity index (χ4n) is 4.03. The lowest BCUT2D eigenvalue weighted by atomic mass is 9.82. The number of amides is 3. The summed E-state index contributed by atoms with van der Waals surface area (Å²) in [5.74, 6) is -2.79. The Morgan fingerprint density at radius 1 is 1.06 bits per heavy atom. The van der Waals surface area contributed by atoms with Crippen molar-refractivity contribution in [2.24, 2.45) is 11.8 Å². The van der Waals surface area contributed by atoms with Crippen molar-refractivity contribution in [2.75, 3.05) is 10.2 Å².